The van der Waals surface area contributed by atoms with Crippen LogP contribution in [0.3, 0.4) is 0 Å². The molecule has 1 fully saturated rings. The molecule has 6 nitrogen and oxygen atoms in total. The summed E-state index contributed by atoms with van der Waals surface area (Å²) in [4.78, 5) is 17.3. The SMILES string of the molecule is COC(=O)c1c(-c2c(C)noc2C)ccc2nc(C3CC3)n(C)c12. The number of carbonyl (C=O) groups excluding carboxylic acids is 1. The number of benzene rings is 1. The number of hydrogen-bond acceptors (Lipinski definition) is 5. The fourth-order valence-electron chi connectivity index (χ4n) is 3.41. The van der Waals surface area contributed by atoms with E-state index in [0.717, 1.165) is 46.5 Å². The van der Waals surface area contributed by atoms with E-state index < -0.39 is 0 Å². The first-order valence-electron chi connectivity index (χ1n) is 8.03. The highest BCUT2D eigenvalue weighted by atomic mass is 16.5. The first-order chi connectivity index (χ1) is 11.5. The number of methoxy groups -OCH3 is 1. The van der Waals surface area contributed by atoms with Crippen molar-refractivity contribution in [1.82, 2.24) is 14.7 Å². The van der Waals surface area contributed by atoms with Crippen molar-refractivity contribution >= 4 is 17.0 Å². The van der Waals surface area contributed by atoms with Crippen molar-refractivity contribution in [2.75, 3.05) is 7.11 Å². The third-order valence-electron chi connectivity index (χ3n) is 4.71. The van der Waals surface area contributed by atoms with Crippen LogP contribution in [0.25, 0.3) is 22.2 Å². The molecular formula is C18H19N3O3. The zero-order valence-corrected chi connectivity index (χ0v) is 14.2. The minimum Gasteiger partial charge on any atom is -0.465 e. The lowest BCUT2D eigenvalue weighted by Crippen LogP contribution is -2.08. The van der Waals surface area contributed by atoms with Crippen LogP contribution in [0.1, 0.15) is 46.4 Å². The van der Waals surface area contributed by atoms with Gasteiger partial charge in [0.25, 0.3) is 0 Å². The molecule has 0 amide bonds. The summed E-state index contributed by atoms with van der Waals surface area (Å²) in [5, 5.41) is 4.02. The van der Waals surface area contributed by atoms with Crippen LogP contribution in [0, 0.1) is 13.8 Å². The Morgan fingerprint density at radius 2 is 2.08 bits per heavy atom. The second kappa shape index (κ2) is 5.19. The summed E-state index contributed by atoms with van der Waals surface area (Å²) < 4.78 is 12.4. The zero-order valence-electron chi connectivity index (χ0n) is 14.2. The summed E-state index contributed by atoms with van der Waals surface area (Å²) in [6.45, 7) is 3.72. The van der Waals surface area contributed by atoms with Crippen molar-refractivity contribution in [3.05, 3.63) is 35.0 Å². The predicted molar refractivity (Wildman–Crippen MR) is 89.0 cm³/mol. The maximum Gasteiger partial charge on any atom is 0.340 e. The fourth-order valence-corrected chi connectivity index (χ4v) is 3.41. The third-order valence-corrected chi connectivity index (χ3v) is 4.71. The molecule has 124 valence electrons. The number of fused-ring (bicyclic) bond motifs is 1. The maximum absolute atomic E-state index is 12.6. The van der Waals surface area contributed by atoms with E-state index >= 15 is 0 Å². The van der Waals surface area contributed by atoms with Crippen LogP contribution in [0.2, 0.25) is 0 Å². The van der Waals surface area contributed by atoms with Crippen molar-refractivity contribution in [1.29, 1.82) is 0 Å². The van der Waals surface area contributed by atoms with E-state index in [4.69, 9.17) is 14.2 Å². The Bertz CT molecular complexity index is 944. The van der Waals surface area contributed by atoms with Gasteiger partial charge in [-0.1, -0.05) is 11.2 Å². The summed E-state index contributed by atoms with van der Waals surface area (Å²) in [6.07, 6.45) is 2.31. The van der Waals surface area contributed by atoms with Gasteiger partial charge in [-0.3, -0.25) is 0 Å². The van der Waals surface area contributed by atoms with Crippen LogP contribution in [-0.4, -0.2) is 27.8 Å². The van der Waals surface area contributed by atoms with Gasteiger partial charge in [0.2, 0.25) is 0 Å². The molecule has 3 aromatic rings. The van der Waals surface area contributed by atoms with E-state index in [-0.39, 0.29) is 5.97 Å². The second-order valence-corrected chi connectivity index (χ2v) is 6.35. The first kappa shape index (κ1) is 14.9. The monoisotopic (exact) mass is 325 g/mol. The van der Waals surface area contributed by atoms with Gasteiger partial charge < -0.3 is 13.8 Å². The topological polar surface area (TPSA) is 70.2 Å². The average molecular weight is 325 g/mol. The fraction of sp³-hybridized carbons (Fsp3) is 0.389. The van der Waals surface area contributed by atoms with Gasteiger partial charge in [-0.25, -0.2) is 9.78 Å². The predicted octanol–water partition coefficient (Wildman–Crippen LogP) is 3.51. The molecule has 24 heavy (non-hydrogen) atoms. The van der Waals surface area contributed by atoms with Gasteiger partial charge in [0, 0.05) is 24.1 Å². The summed E-state index contributed by atoms with van der Waals surface area (Å²) in [5.74, 6) is 1.84. The summed E-state index contributed by atoms with van der Waals surface area (Å²) in [6, 6.07) is 3.86. The van der Waals surface area contributed by atoms with Crippen LogP contribution in [0.4, 0.5) is 0 Å². The number of imidazole rings is 1. The van der Waals surface area contributed by atoms with Crippen LogP contribution < -0.4 is 0 Å². The molecule has 0 saturated heterocycles. The molecule has 0 unspecified atom stereocenters. The molecule has 2 heterocycles. The van der Waals surface area contributed by atoms with Crippen molar-refractivity contribution in [2.24, 2.45) is 7.05 Å². The maximum atomic E-state index is 12.6. The molecule has 0 N–H and O–H groups in total. The number of carbonyl (C=O) groups is 1. The van der Waals surface area contributed by atoms with Gasteiger partial charge in [0.1, 0.15) is 11.6 Å². The highest BCUT2D eigenvalue weighted by Gasteiger charge is 2.31. The molecule has 1 saturated carbocycles. The molecule has 0 aliphatic heterocycles. The van der Waals surface area contributed by atoms with Crippen molar-refractivity contribution < 1.29 is 14.1 Å². The Morgan fingerprint density at radius 1 is 1.33 bits per heavy atom. The van der Waals surface area contributed by atoms with Crippen molar-refractivity contribution in [3.63, 3.8) is 0 Å². The molecule has 4 rings (SSSR count). The van der Waals surface area contributed by atoms with Gasteiger partial charge in [0.15, 0.2) is 0 Å². The number of esters is 1. The zero-order chi connectivity index (χ0) is 17.0. The van der Waals surface area contributed by atoms with Gasteiger partial charge in [-0.2, -0.15) is 0 Å². The quantitative estimate of drug-likeness (QED) is 0.689. The lowest BCUT2D eigenvalue weighted by atomic mass is 9.97. The Balaban J connectivity index is 2.07. The Hall–Kier alpha value is -2.63. The molecule has 1 aromatic carbocycles. The molecule has 2 aromatic heterocycles. The number of aryl methyl sites for hydroxylation is 3. The van der Waals surface area contributed by atoms with E-state index in [2.05, 4.69) is 5.16 Å². The van der Waals surface area contributed by atoms with E-state index in [1.165, 1.54) is 7.11 Å². The molecule has 0 spiro atoms. The molecule has 0 radical (unpaired) electrons. The van der Waals surface area contributed by atoms with Crippen LogP contribution in [0.5, 0.6) is 0 Å². The minimum absolute atomic E-state index is 0.374. The number of hydrogen-bond donors (Lipinski definition) is 0. The highest BCUT2D eigenvalue weighted by Crippen LogP contribution is 2.42. The normalized spacial score (nSPS) is 14.3. The van der Waals surface area contributed by atoms with Crippen LogP contribution in [-0.2, 0) is 11.8 Å². The lowest BCUT2D eigenvalue weighted by Gasteiger charge is -2.11. The second-order valence-electron chi connectivity index (χ2n) is 6.35. The summed E-state index contributed by atoms with van der Waals surface area (Å²) >= 11 is 0. The van der Waals surface area contributed by atoms with E-state index in [9.17, 15) is 4.79 Å². The number of aromatic nitrogens is 3. The lowest BCUT2D eigenvalue weighted by molar-refractivity contribution is 0.0603. The standard InChI is InChI=1S/C18H19N3O3/c1-9-14(10(2)24-20-9)12-7-8-13-16(15(12)18(22)23-4)21(3)17(19-13)11-5-6-11/h7-8,11H,5-6H2,1-4H3. The van der Waals surface area contributed by atoms with Gasteiger partial charge in [0.05, 0.1) is 29.4 Å². The Kier molecular flexibility index (Phi) is 3.23. The third kappa shape index (κ3) is 2.06. The molecule has 0 atom stereocenters. The van der Waals surface area contributed by atoms with Crippen molar-refractivity contribution in [3.8, 4) is 11.1 Å². The molecule has 6 heteroatoms. The Morgan fingerprint density at radius 3 is 2.67 bits per heavy atom. The Labute approximate surface area is 139 Å². The smallest absolute Gasteiger partial charge is 0.340 e. The molecular weight excluding hydrogens is 306 g/mol. The molecule has 1 aliphatic carbocycles. The van der Waals surface area contributed by atoms with Crippen LogP contribution in [0.15, 0.2) is 16.7 Å². The first-order valence-corrected chi connectivity index (χ1v) is 8.03. The van der Waals surface area contributed by atoms with Gasteiger partial charge >= 0.3 is 5.97 Å². The van der Waals surface area contributed by atoms with E-state index in [1.54, 1.807) is 0 Å². The van der Waals surface area contributed by atoms with Crippen LogP contribution >= 0.6 is 0 Å². The number of ether oxygens (including phenoxy) is 1. The van der Waals surface area contributed by atoms with E-state index in [1.807, 2.05) is 37.6 Å². The number of rotatable bonds is 3. The van der Waals surface area contributed by atoms with Gasteiger partial charge in [-0.15, -0.1) is 0 Å². The largest absolute Gasteiger partial charge is 0.465 e. The molecule has 1 aliphatic rings. The van der Waals surface area contributed by atoms with Gasteiger partial charge in [-0.05, 0) is 32.8 Å². The highest BCUT2D eigenvalue weighted by molar-refractivity contribution is 6.08. The summed E-state index contributed by atoms with van der Waals surface area (Å²) in [7, 11) is 3.36. The van der Waals surface area contributed by atoms with Crippen molar-refractivity contribution in [2.45, 2.75) is 32.6 Å². The average Bonchev–Trinajstić information content (AvgIpc) is 3.29. The summed E-state index contributed by atoms with van der Waals surface area (Å²) in [5.41, 5.74) is 4.51. The number of nitrogens with zero attached hydrogens (tertiary/aromatic N) is 3. The van der Waals surface area contributed by atoms with E-state index in [0.29, 0.717) is 17.2 Å². The molecule has 0 bridgehead atoms. The minimum atomic E-state index is -0.374.